The first-order valence-corrected chi connectivity index (χ1v) is 6.17. The number of rotatable bonds is 1. The Morgan fingerprint density at radius 1 is 1.17 bits per heavy atom. The van der Waals surface area contributed by atoms with Crippen LogP contribution in [0.25, 0.3) is 0 Å². The number of nitrogens with zero attached hydrogens (tertiary/aromatic N) is 1. The smallest absolute Gasteiger partial charge is 0.261 e. The molecule has 2 heterocycles. The fourth-order valence-electron chi connectivity index (χ4n) is 2.93. The largest absolute Gasteiger partial charge is 0.507 e. The van der Waals surface area contributed by atoms with Crippen molar-refractivity contribution in [2.45, 2.75) is 0 Å². The average molecular weight is 248 g/mol. The van der Waals surface area contributed by atoms with Gasteiger partial charge in [0.1, 0.15) is 17.1 Å². The Morgan fingerprint density at radius 2 is 1.72 bits per heavy atom. The molecular formula is C13H16N2O3. The minimum atomic E-state index is -0.278. The summed E-state index contributed by atoms with van der Waals surface area (Å²) in [7, 11) is 0. The highest BCUT2D eigenvalue weighted by molar-refractivity contribution is 5.99. The molecule has 3 rings (SSSR count). The molecule has 0 aliphatic carbocycles. The summed E-state index contributed by atoms with van der Waals surface area (Å²) >= 11 is 0. The summed E-state index contributed by atoms with van der Waals surface area (Å²) in [5, 5.41) is 22.7. The van der Waals surface area contributed by atoms with Crippen LogP contribution in [0.1, 0.15) is 10.4 Å². The van der Waals surface area contributed by atoms with Crippen LogP contribution in [0.5, 0.6) is 11.5 Å². The maximum absolute atomic E-state index is 12.3. The van der Waals surface area contributed by atoms with Gasteiger partial charge in [-0.1, -0.05) is 6.07 Å². The molecule has 2 fully saturated rings. The molecule has 1 aromatic rings. The zero-order chi connectivity index (χ0) is 12.7. The average Bonchev–Trinajstić information content (AvgIpc) is 2.88. The number of hydrogen-bond donors (Lipinski definition) is 3. The van der Waals surface area contributed by atoms with Crippen LogP contribution in [0.15, 0.2) is 18.2 Å². The summed E-state index contributed by atoms with van der Waals surface area (Å²) < 4.78 is 0. The van der Waals surface area contributed by atoms with Crippen LogP contribution in [0.2, 0.25) is 0 Å². The fraction of sp³-hybridized carbons (Fsp3) is 0.462. The summed E-state index contributed by atoms with van der Waals surface area (Å²) in [4.78, 5) is 14.0. The Hall–Kier alpha value is -1.75. The van der Waals surface area contributed by atoms with Gasteiger partial charge < -0.3 is 20.4 Å². The van der Waals surface area contributed by atoms with E-state index >= 15 is 0 Å². The van der Waals surface area contributed by atoms with E-state index in [1.807, 2.05) is 0 Å². The molecule has 1 amide bonds. The lowest BCUT2D eigenvalue weighted by atomic mass is 10.0. The normalized spacial score (nSPS) is 26.3. The number of phenolic OH excluding ortho intramolecular Hbond substituents is 2. The van der Waals surface area contributed by atoms with Crippen LogP contribution in [0.3, 0.4) is 0 Å². The third-order valence-electron chi connectivity index (χ3n) is 3.91. The summed E-state index contributed by atoms with van der Waals surface area (Å²) in [6.45, 7) is 3.29. The number of likely N-dealkylation sites (tertiary alicyclic amines) is 1. The number of aromatic hydroxyl groups is 2. The number of benzene rings is 1. The standard InChI is InChI=1S/C13H16N2O3/c16-10-2-1-3-11(17)12(10)13(18)15-6-8-4-14-5-9(8)7-15/h1-3,8-9,14,16-17H,4-7H2. The highest BCUT2D eigenvalue weighted by Crippen LogP contribution is 2.32. The van der Waals surface area contributed by atoms with E-state index in [4.69, 9.17) is 0 Å². The molecule has 0 spiro atoms. The van der Waals surface area contributed by atoms with Crippen molar-refractivity contribution < 1.29 is 15.0 Å². The number of hydrogen-bond acceptors (Lipinski definition) is 4. The topological polar surface area (TPSA) is 72.8 Å². The minimum Gasteiger partial charge on any atom is -0.507 e. The molecule has 0 saturated carbocycles. The van der Waals surface area contributed by atoms with Gasteiger partial charge in [0.2, 0.25) is 0 Å². The van der Waals surface area contributed by atoms with Gasteiger partial charge in [0, 0.05) is 26.2 Å². The van der Waals surface area contributed by atoms with Crippen molar-refractivity contribution in [3.63, 3.8) is 0 Å². The van der Waals surface area contributed by atoms with Crippen LogP contribution in [-0.2, 0) is 0 Å². The summed E-state index contributed by atoms with van der Waals surface area (Å²) in [6, 6.07) is 4.36. The van der Waals surface area contributed by atoms with Crippen LogP contribution < -0.4 is 5.32 Å². The van der Waals surface area contributed by atoms with Crippen molar-refractivity contribution in [2.75, 3.05) is 26.2 Å². The van der Waals surface area contributed by atoms with E-state index in [0.29, 0.717) is 24.9 Å². The zero-order valence-electron chi connectivity index (χ0n) is 9.97. The first-order chi connectivity index (χ1) is 8.66. The fourth-order valence-corrected chi connectivity index (χ4v) is 2.93. The van der Waals surface area contributed by atoms with Crippen LogP contribution in [-0.4, -0.2) is 47.2 Å². The first-order valence-electron chi connectivity index (χ1n) is 6.17. The molecule has 0 aromatic heterocycles. The predicted octanol–water partition coefficient (Wildman–Crippen LogP) is 0.389. The summed E-state index contributed by atoms with van der Waals surface area (Å²) in [5.41, 5.74) is 0.0189. The molecule has 5 nitrogen and oxygen atoms in total. The SMILES string of the molecule is O=C(c1c(O)cccc1O)N1CC2CNCC2C1. The number of fused-ring (bicyclic) bond motifs is 1. The van der Waals surface area contributed by atoms with Gasteiger partial charge in [-0.15, -0.1) is 0 Å². The lowest BCUT2D eigenvalue weighted by Gasteiger charge is -2.18. The number of carbonyl (C=O) groups is 1. The van der Waals surface area contributed by atoms with Crippen molar-refractivity contribution in [2.24, 2.45) is 11.8 Å². The second kappa shape index (κ2) is 4.17. The van der Waals surface area contributed by atoms with E-state index in [1.165, 1.54) is 18.2 Å². The van der Waals surface area contributed by atoms with Crippen molar-refractivity contribution in [3.05, 3.63) is 23.8 Å². The third-order valence-corrected chi connectivity index (χ3v) is 3.91. The Morgan fingerprint density at radius 3 is 2.28 bits per heavy atom. The molecule has 0 bridgehead atoms. The summed E-state index contributed by atoms with van der Waals surface area (Å²) in [6.07, 6.45) is 0. The van der Waals surface area contributed by atoms with Gasteiger partial charge in [-0.25, -0.2) is 0 Å². The molecule has 5 heteroatoms. The number of nitrogens with one attached hydrogen (secondary N) is 1. The van der Waals surface area contributed by atoms with Crippen molar-refractivity contribution in [1.82, 2.24) is 10.2 Å². The minimum absolute atomic E-state index is 0.0189. The van der Waals surface area contributed by atoms with E-state index in [0.717, 1.165) is 13.1 Å². The summed E-state index contributed by atoms with van der Waals surface area (Å²) in [5.74, 6) is 0.411. The second-order valence-electron chi connectivity index (χ2n) is 5.06. The highest BCUT2D eigenvalue weighted by Gasteiger charge is 2.39. The van der Waals surface area contributed by atoms with Crippen LogP contribution in [0, 0.1) is 11.8 Å². The maximum atomic E-state index is 12.3. The quantitative estimate of drug-likeness (QED) is 0.672. The molecule has 2 aliphatic heterocycles. The van der Waals surface area contributed by atoms with Crippen LogP contribution in [0.4, 0.5) is 0 Å². The number of carbonyl (C=O) groups excluding carboxylic acids is 1. The maximum Gasteiger partial charge on any atom is 0.261 e. The van der Waals surface area contributed by atoms with Gasteiger partial charge in [-0.05, 0) is 24.0 Å². The lowest BCUT2D eigenvalue weighted by Crippen LogP contribution is -2.31. The first kappa shape index (κ1) is 11.3. The predicted molar refractivity (Wildman–Crippen MR) is 65.5 cm³/mol. The van der Waals surface area contributed by atoms with E-state index in [2.05, 4.69) is 5.32 Å². The molecule has 1 aromatic carbocycles. The number of phenols is 2. The third kappa shape index (κ3) is 1.71. The second-order valence-corrected chi connectivity index (χ2v) is 5.06. The molecule has 3 N–H and O–H groups in total. The Balaban J connectivity index is 1.83. The van der Waals surface area contributed by atoms with E-state index in [1.54, 1.807) is 4.90 Å². The van der Waals surface area contributed by atoms with Gasteiger partial charge >= 0.3 is 0 Å². The highest BCUT2D eigenvalue weighted by atomic mass is 16.3. The molecular weight excluding hydrogens is 232 g/mol. The zero-order valence-corrected chi connectivity index (χ0v) is 9.97. The number of amides is 1. The van der Waals surface area contributed by atoms with E-state index in [9.17, 15) is 15.0 Å². The molecule has 2 atom stereocenters. The molecule has 2 aliphatic rings. The lowest BCUT2D eigenvalue weighted by molar-refractivity contribution is 0.0775. The molecule has 2 unspecified atom stereocenters. The van der Waals surface area contributed by atoms with E-state index in [-0.39, 0.29) is 23.0 Å². The molecule has 2 saturated heterocycles. The monoisotopic (exact) mass is 248 g/mol. The van der Waals surface area contributed by atoms with Crippen molar-refractivity contribution >= 4 is 5.91 Å². The Kier molecular flexibility index (Phi) is 2.63. The van der Waals surface area contributed by atoms with Gasteiger partial charge in [0.05, 0.1) is 0 Å². The molecule has 18 heavy (non-hydrogen) atoms. The van der Waals surface area contributed by atoms with Gasteiger partial charge in [-0.2, -0.15) is 0 Å². The van der Waals surface area contributed by atoms with E-state index < -0.39 is 0 Å². The molecule has 96 valence electrons. The Labute approximate surface area is 105 Å². The van der Waals surface area contributed by atoms with Gasteiger partial charge in [-0.3, -0.25) is 4.79 Å². The van der Waals surface area contributed by atoms with Gasteiger partial charge in [0.25, 0.3) is 5.91 Å². The molecule has 0 radical (unpaired) electrons. The van der Waals surface area contributed by atoms with Crippen molar-refractivity contribution in [3.8, 4) is 11.5 Å². The van der Waals surface area contributed by atoms with Gasteiger partial charge in [0.15, 0.2) is 0 Å². The Bertz CT molecular complexity index is 457. The van der Waals surface area contributed by atoms with Crippen LogP contribution >= 0.6 is 0 Å². The van der Waals surface area contributed by atoms with Crippen molar-refractivity contribution in [1.29, 1.82) is 0 Å².